The third-order valence-corrected chi connectivity index (χ3v) is 6.40. The van der Waals surface area contributed by atoms with Gasteiger partial charge in [-0.2, -0.15) is 4.31 Å². The van der Waals surface area contributed by atoms with E-state index in [1.807, 2.05) is 12.1 Å². The summed E-state index contributed by atoms with van der Waals surface area (Å²) in [6.07, 6.45) is 2.23. The second-order valence-corrected chi connectivity index (χ2v) is 8.17. The van der Waals surface area contributed by atoms with E-state index in [0.717, 1.165) is 18.4 Å². The number of hydrogen-bond donors (Lipinski definition) is 2. The van der Waals surface area contributed by atoms with Gasteiger partial charge in [-0.3, -0.25) is 4.79 Å². The number of benzene rings is 1. The lowest BCUT2D eigenvalue weighted by Crippen LogP contribution is -2.28. The number of carbonyl (C=O) groups excluding carboxylic acids is 1. The van der Waals surface area contributed by atoms with Crippen LogP contribution in [0, 0.1) is 6.92 Å². The van der Waals surface area contributed by atoms with E-state index in [1.165, 1.54) is 10.4 Å². The Morgan fingerprint density at radius 2 is 1.88 bits per heavy atom. The minimum absolute atomic E-state index is 0.0419. The highest BCUT2D eigenvalue weighted by molar-refractivity contribution is 7.89. The summed E-state index contributed by atoms with van der Waals surface area (Å²) in [5.41, 5.74) is 1.52. The molecule has 1 aliphatic heterocycles. The first kappa shape index (κ1) is 18.6. The van der Waals surface area contributed by atoms with Crippen LogP contribution in [0.5, 0.6) is 0 Å². The Hall–Kier alpha value is -2.16. The van der Waals surface area contributed by atoms with Crippen molar-refractivity contribution >= 4 is 21.6 Å². The molecular formula is C18H22N2O5S. The first-order valence-corrected chi connectivity index (χ1v) is 9.97. The molecule has 1 saturated heterocycles. The molecule has 2 aromatic rings. The van der Waals surface area contributed by atoms with Crippen molar-refractivity contribution in [2.24, 2.45) is 0 Å². The van der Waals surface area contributed by atoms with Gasteiger partial charge in [0.25, 0.3) is 5.91 Å². The van der Waals surface area contributed by atoms with Gasteiger partial charge >= 0.3 is 0 Å². The fourth-order valence-corrected chi connectivity index (χ4v) is 4.66. The SMILES string of the molecule is Cc1oc(C(=O)Nc2ccc(CCO)cc2)cc1S(=O)(=O)N1CCCC1. The number of aliphatic hydroxyl groups is 1. The third kappa shape index (κ3) is 3.82. The number of rotatable bonds is 6. The quantitative estimate of drug-likeness (QED) is 0.802. The molecule has 0 saturated carbocycles. The maximum atomic E-state index is 12.7. The predicted octanol–water partition coefficient (Wildman–Crippen LogP) is 2.16. The zero-order valence-corrected chi connectivity index (χ0v) is 15.4. The van der Waals surface area contributed by atoms with Crippen molar-refractivity contribution in [2.45, 2.75) is 31.1 Å². The van der Waals surface area contributed by atoms with Crippen LogP contribution in [0.2, 0.25) is 0 Å². The first-order valence-electron chi connectivity index (χ1n) is 8.53. The van der Waals surface area contributed by atoms with Crippen LogP contribution in [0.4, 0.5) is 5.69 Å². The molecule has 26 heavy (non-hydrogen) atoms. The summed E-state index contributed by atoms with van der Waals surface area (Å²) in [6.45, 7) is 2.60. The highest BCUT2D eigenvalue weighted by Gasteiger charge is 2.31. The van der Waals surface area contributed by atoms with Gasteiger partial charge in [0.15, 0.2) is 5.76 Å². The second kappa shape index (κ2) is 7.61. The lowest BCUT2D eigenvalue weighted by atomic mass is 10.1. The summed E-state index contributed by atoms with van der Waals surface area (Å²) in [7, 11) is -3.63. The van der Waals surface area contributed by atoms with Crippen LogP contribution >= 0.6 is 0 Å². The van der Waals surface area contributed by atoms with Gasteiger partial charge in [0.05, 0.1) is 0 Å². The maximum Gasteiger partial charge on any atom is 0.291 e. The monoisotopic (exact) mass is 378 g/mol. The molecular weight excluding hydrogens is 356 g/mol. The number of aliphatic hydroxyl groups excluding tert-OH is 1. The number of aryl methyl sites for hydroxylation is 1. The zero-order valence-electron chi connectivity index (χ0n) is 14.6. The average Bonchev–Trinajstić information content (AvgIpc) is 3.27. The zero-order chi connectivity index (χ0) is 18.7. The van der Waals surface area contributed by atoms with Crippen molar-refractivity contribution in [3.63, 3.8) is 0 Å². The maximum absolute atomic E-state index is 12.7. The Morgan fingerprint density at radius 1 is 1.23 bits per heavy atom. The van der Waals surface area contributed by atoms with Crippen molar-refractivity contribution in [3.8, 4) is 0 Å². The molecule has 7 nitrogen and oxygen atoms in total. The van der Waals surface area contributed by atoms with Gasteiger partial charge in [0.1, 0.15) is 10.7 Å². The van der Waals surface area contributed by atoms with Gasteiger partial charge in [0, 0.05) is 31.5 Å². The van der Waals surface area contributed by atoms with E-state index in [4.69, 9.17) is 9.52 Å². The van der Waals surface area contributed by atoms with Crippen LogP contribution in [0.3, 0.4) is 0 Å². The van der Waals surface area contributed by atoms with Gasteiger partial charge in [-0.1, -0.05) is 12.1 Å². The van der Waals surface area contributed by atoms with E-state index in [-0.39, 0.29) is 23.0 Å². The molecule has 1 aromatic carbocycles. The number of furan rings is 1. The number of hydrogen-bond acceptors (Lipinski definition) is 5. The summed E-state index contributed by atoms with van der Waals surface area (Å²) in [4.78, 5) is 12.4. The fourth-order valence-electron chi connectivity index (χ4n) is 2.98. The molecule has 0 radical (unpaired) electrons. The van der Waals surface area contributed by atoms with Crippen LogP contribution in [0.1, 0.15) is 34.7 Å². The van der Waals surface area contributed by atoms with Gasteiger partial charge in [-0.25, -0.2) is 8.42 Å². The topological polar surface area (TPSA) is 99.8 Å². The minimum atomic E-state index is -3.63. The number of nitrogens with one attached hydrogen (secondary N) is 1. The largest absolute Gasteiger partial charge is 0.455 e. The molecule has 1 fully saturated rings. The minimum Gasteiger partial charge on any atom is -0.455 e. The number of carbonyl (C=O) groups is 1. The van der Waals surface area contributed by atoms with Crippen molar-refractivity contribution < 1.29 is 22.7 Å². The van der Waals surface area contributed by atoms with E-state index >= 15 is 0 Å². The Morgan fingerprint density at radius 3 is 2.50 bits per heavy atom. The molecule has 0 bridgehead atoms. The molecule has 0 spiro atoms. The van der Waals surface area contributed by atoms with Crippen LogP contribution < -0.4 is 5.32 Å². The predicted molar refractivity (Wildman–Crippen MR) is 96.6 cm³/mol. The van der Waals surface area contributed by atoms with E-state index in [2.05, 4.69) is 5.32 Å². The van der Waals surface area contributed by atoms with Crippen molar-refractivity contribution in [1.29, 1.82) is 0 Å². The summed E-state index contributed by atoms with van der Waals surface area (Å²) in [5.74, 6) is -0.342. The third-order valence-electron chi connectivity index (χ3n) is 4.39. The van der Waals surface area contributed by atoms with E-state index in [1.54, 1.807) is 19.1 Å². The average molecular weight is 378 g/mol. The molecule has 1 aliphatic rings. The van der Waals surface area contributed by atoms with Gasteiger partial charge in [-0.15, -0.1) is 0 Å². The van der Waals surface area contributed by atoms with Crippen LogP contribution in [0.25, 0.3) is 0 Å². The highest BCUT2D eigenvalue weighted by Crippen LogP contribution is 2.26. The molecule has 3 rings (SSSR count). The van der Waals surface area contributed by atoms with E-state index in [9.17, 15) is 13.2 Å². The number of sulfonamides is 1. The Kier molecular flexibility index (Phi) is 5.45. The second-order valence-electron chi connectivity index (χ2n) is 6.27. The fraction of sp³-hybridized carbons (Fsp3) is 0.389. The molecule has 0 aliphatic carbocycles. The van der Waals surface area contributed by atoms with Crippen molar-refractivity contribution in [3.05, 3.63) is 47.4 Å². The molecule has 2 N–H and O–H groups in total. The van der Waals surface area contributed by atoms with Crippen molar-refractivity contribution in [2.75, 3.05) is 25.0 Å². The van der Waals surface area contributed by atoms with Gasteiger partial charge in [0.2, 0.25) is 10.0 Å². The molecule has 1 aromatic heterocycles. The van der Waals surface area contributed by atoms with Crippen LogP contribution in [-0.2, 0) is 16.4 Å². The summed E-state index contributed by atoms with van der Waals surface area (Å²) < 4.78 is 32.2. The Bertz CT molecular complexity index is 881. The van der Waals surface area contributed by atoms with Crippen LogP contribution in [-0.4, -0.2) is 43.4 Å². The summed E-state index contributed by atoms with van der Waals surface area (Å²) >= 11 is 0. The smallest absolute Gasteiger partial charge is 0.291 e. The summed E-state index contributed by atoms with van der Waals surface area (Å²) in [5, 5.41) is 11.6. The Balaban J connectivity index is 1.76. The molecule has 2 heterocycles. The number of nitrogens with zero attached hydrogens (tertiary/aromatic N) is 1. The molecule has 0 unspecified atom stereocenters. The lowest BCUT2D eigenvalue weighted by Gasteiger charge is -2.14. The highest BCUT2D eigenvalue weighted by atomic mass is 32.2. The first-order chi connectivity index (χ1) is 12.4. The lowest BCUT2D eigenvalue weighted by molar-refractivity contribution is 0.0995. The Labute approximate surface area is 152 Å². The van der Waals surface area contributed by atoms with Gasteiger partial charge in [-0.05, 0) is 43.9 Å². The van der Waals surface area contributed by atoms with Crippen molar-refractivity contribution in [1.82, 2.24) is 4.31 Å². The molecule has 0 atom stereocenters. The summed E-state index contributed by atoms with van der Waals surface area (Å²) in [6, 6.07) is 8.35. The van der Waals surface area contributed by atoms with Crippen LogP contribution in [0.15, 0.2) is 39.6 Å². The molecule has 8 heteroatoms. The normalized spacial score (nSPS) is 15.3. The molecule has 1 amide bonds. The number of anilines is 1. The molecule has 140 valence electrons. The van der Waals surface area contributed by atoms with E-state index < -0.39 is 15.9 Å². The van der Waals surface area contributed by atoms with Gasteiger partial charge < -0.3 is 14.8 Å². The number of amides is 1. The van der Waals surface area contributed by atoms with E-state index in [0.29, 0.717) is 25.2 Å². The standard InChI is InChI=1S/C18H22N2O5S/c1-13-17(26(23,24)20-9-2-3-10-20)12-16(25-13)18(22)19-15-6-4-14(5-7-15)8-11-21/h4-7,12,21H,2-3,8-11H2,1H3,(H,19,22).